The van der Waals surface area contributed by atoms with Gasteiger partial charge in [-0.05, 0) is 50.1 Å². The largest absolute Gasteiger partial charge is 0.338 e. The molecule has 0 aromatic carbocycles. The SMILES string of the molecule is CC1CCCN(C(=O)NCC2CNCCC2C)C1. The third-order valence-electron chi connectivity index (χ3n) is 4.45. The van der Waals surface area contributed by atoms with Gasteiger partial charge in [0.25, 0.3) is 0 Å². The smallest absolute Gasteiger partial charge is 0.317 e. The summed E-state index contributed by atoms with van der Waals surface area (Å²) in [6, 6.07) is 0.138. The Hall–Kier alpha value is -0.770. The molecule has 2 amide bonds. The van der Waals surface area contributed by atoms with Gasteiger partial charge in [-0.2, -0.15) is 0 Å². The van der Waals surface area contributed by atoms with E-state index >= 15 is 0 Å². The van der Waals surface area contributed by atoms with Crippen LogP contribution in [0.15, 0.2) is 0 Å². The van der Waals surface area contributed by atoms with Gasteiger partial charge in [-0.25, -0.2) is 4.79 Å². The summed E-state index contributed by atoms with van der Waals surface area (Å²) in [4.78, 5) is 14.1. The molecule has 0 saturated carbocycles. The van der Waals surface area contributed by atoms with Crippen molar-refractivity contribution < 1.29 is 4.79 Å². The van der Waals surface area contributed by atoms with Gasteiger partial charge >= 0.3 is 6.03 Å². The Morgan fingerprint density at radius 3 is 2.94 bits per heavy atom. The standard InChI is InChI=1S/C14H27N3O/c1-11-4-3-7-17(10-11)14(18)16-9-13-8-15-6-5-12(13)2/h11-13,15H,3-10H2,1-2H3,(H,16,18). The van der Waals surface area contributed by atoms with Crippen molar-refractivity contribution in [3.8, 4) is 0 Å². The number of nitrogens with one attached hydrogen (secondary N) is 2. The van der Waals surface area contributed by atoms with Crippen molar-refractivity contribution >= 4 is 6.03 Å². The molecule has 2 heterocycles. The van der Waals surface area contributed by atoms with E-state index in [0.29, 0.717) is 17.8 Å². The fourth-order valence-corrected chi connectivity index (χ4v) is 3.03. The van der Waals surface area contributed by atoms with Gasteiger partial charge in [-0.15, -0.1) is 0 Å². The van der Waals surface area contributed by atoms with Crippen molar-refractivity contribution in [2.24, 2.45) is 17.8 Å². The molecule has 0 radical (unpaired) electrons. The molecule has 3 atom stereocenters. The van der Waals surface area contributed by atoms with E-state index in [2.05, 4.69) is 24.5 Å². The highest BCUT2D eigenvalue weighted by molar-refractivity contribution is 5.74. The van der Waals surface area contributed by atoms with Gasteiger partial charge in [0.05, 0.1) is 0 Å². The predicted octanol–water partition coefficient (Wildman–Crippen LogP) is 1.67. The van der Waals surface area contributed by atoms with Crippen molar-refractivity contribution in [3.05, 3.63) is 0 Å². The normalized spacial score (nSPS) is 33.2. The molecule has 2 aliphatic rings. The summed E-state index contributed by atoms with van der Waals surface area (Å²) in [7, 11) is 0. The first-order valence-corrected chi connectivity index (χ1v) is 7.40. The van der Waals surface area contributed by atoms with E-state index in [4.69, 9.17) is 0 Å². The van der Waals surface area contributed by atoms with Gasteiger partial charge < -0.3 is 15.5 Å². The number of rotatable bonds is 2. The summed E-state index contributed by atoms with van der Waals surface area (Å²) in [6.45, 7) is 9.34. The number of nitrogens with zero attached hydrogens (tertiary/aromatic N) is 1. The summed E-state index contributed by atoms with van der Waals surface area (Å²) in [6.07, 6.45) is 3.63. The van der Waals surface area contributed by atoms with Gasteiger partial charge in [-0.1, -0.05) is 13.8 Å². The molecule has 3 unspecified atom stereocenters. The number of hydrogen-bond donors (Lipinski definition) is 2. The summed E-state index contributed by atoms with van der Waals surface area (Å²) >= 11 is 0. The lowest BCUT2D eigenvalue weighted by Crippen LogP contribution is -2.48. The van der Waals surface area contributed by atoms with E-state index < -0.39 is 0 Å². The van der Waals surface area contributed by atoms with Crippen LogP contribution in [0, 0.1) is 17.8 Å². The zero-order chi connectivity index (χ0) is 13.0. The molecule has 0 bridgehead atoms. The van der Waals surface area contributed by atoms with Crippen molar-refractivity contribution in [2.45, 2.75) is 33.1 Å². The van der Waals surface area contributed by atoms with Crippen LogP contribution in [0.2, 0.25) is 0 Å². The molecule has 4 nitrogen and oxygen atoms in total. The highest BCUT2D eigenvalue weighted by atomic mass is 16.2. The van der Waals surface area contributed by atoms with Gasteiger partial charge in [-0.3, -0.25) is 0 Å². The van der Waals surface area contributed by atoms with Gasteiger partial charge in [0.1, 0.15) is 0 Å². The van der Waals surface area contributed by atoms with Gasteiger partial charge in [0.15, 0.2) is 0 Å². The van der Waals surface area contributed by atoms with Crippen molar-refractivity contribution in [3.63, 3.8) is 0 Å². The molecule has 2 N–H and O–H groups in total. The minimum absolute atomic E-state index is 0.138. The van der Waals surface area contributed by atoms with Crippen molar-refractivity contribution in [1.82, 2.24) is 15.5 Å². The van der Waals surface area contributed by atoms with Gasteiger partial charge in [0.2, 0.25) is 0 Å². The molecule has 4 heteroatoms. The van der Waals surface area contributed by atoms with Gasteiger partial charge in [0, 0.05) is 19.6 Å². The summed E-state index contributed by atoms with van der Waals surface area (Å²) < 4.78 is 0. The van der Waals surface area contributed by atoms with E-state index in [1.807, 2.05) is 4.90 Å². The maximum Gasteiger partial charge on any atom is 0.317 e. The quantitative estimate of drug-likeness (QED) is 0.786. The van der Waals surface area contributed by atoms with E-state index in [-0.39, 0.29) is 6.03 Å². The van der Waals surface area contributed by atoms with E-state index in [0.717, 1.165) is 39.1 Å². The second-order valence-electron chi connectivity index (χ2n) is 6.11. The van der Waals surface area contributed by atoms with Crippen LogP contribution in [0.5, 0.6) is 0 Å². The predicted molar refractivity (Wildman–Crippen MR) is 73.5 cm³/mol. The molecule has 2 fully saturated rings. The second kappa shape index (κ2) is 6.41. The number of urea groups is 1. The fraction of sp³-hybridized carbons (Fsp3) is 0.929. The zero-order valence-electron chi connectivity index (χ0n) is 11.7. The second-order valence-corrected chi connectivity index (χ2v) is 6.11. The molecule has 0 aromatic heterocycles. The monoisotopic (exact) mass is 253 g/mol. The lowest BCUT2D eigenvalue weighted by atomic mass is 9.88. The number of hydrogen-bond acceptors (Lipinski definition) is 2. The van der Waals surface area contributed by atoms with Crippen LogP contribution >= 0.6 is 0 Å². The van der Waals surface area contributed by atoms with Crippen LogP contribution in [0.4, 0.5) is 4.79 Å². The van der Waals surface area contributed by atoms with Crippen LogP contribution in [-0.4, -0.2) is 43.7 Å². The lowest BCUT2D eigenvalue weighted by Gasteiger charge is -2.33. The number of carbonyl (C=O) groups excluding carboxylic acids is 1. The number of carbonyl (C=O) groups is 1. The lowest BCUT2D eigenvalue weighted by molar-refractivity contribution is 0.165. The molecular weight excluding hydrogens is 226 g/mol. The molecule has 2 aliphatic heterocycles. The Balaban J connectivity index is 1.73. The zero-order valence-corrected chi connectivity index (χ0v) is 11.7. The Kier molecular flexibility index (Phi) is 4.87. The van der Waals surface area contributed by atoms with Crippen molar-refractivity contribution in [1.29, 1.82) is 0 Å². The first-order chi connectivity index (χ1) is 8.66. The van der Waals surface area contributed by atoms with Crippen LogP contribution < -0.4 is 10.6 Å². The molecule has 0 aromatic rings. The van der Waals surface area contributed by atoms with Crippen LogP contribution in [0.1, 0.15) is 33.1 Å². The maximum absolute atomic E-state index is 12.1. The highest BCUT2D eigenvalue weighted by Crippen LogP contribution is 2.18. The first-order valence-electron chi connectivity index (χ1n) is 7.40. The van der Waals surface area contributed by atoms with E-state index in [9.17, 15) is 4.79 Å². The number of piperidine rings is 2. The summed E-state index contributed by atoms with van der Waals surface area (Å²) in [5, 5.41) is 6.53. The molecule has 0 spiro atoms. The summed E-state index contributed by atoms with van der Waals surface area (Å²) in [5.74, 6) is 1.96. The Morgan fingerprint density at radius 2 is 2.22 bits per heavy atom. The average Bonchev–Trinajstić information content (AvgIpc) is 2.37. The first kappa shape index (κ1) is 13.7. The van der Waals surface area contributed by atoms with Crippen LogP contribution in [0.25, 0.3) is 0 Å². The third-order valence-corrected chi connectivity index (χ3v) is 4.45. The average molecular weight is 253 g/mol. The Bertz CT molecular complexity index is 282. The fourth-order valence-electron chi connectivity index (χ4n) is 3.03. The minimum Gasteiger partial charge on any atom is -0.338 e. The van der Waals surface area contributed by atoms with E-state index in [1.165, 1.54) is 12.8 Å². The van der Waals surface area contributed by atoms with Crippen LogP contribution in [-0.2, 0) is 0 Å². The topological polar surface area (TPSA) is 44.4 Å². The molecule has 104 valence electrons. The third kappa shape index (κ3) is 3.61. The molecular formula is C14H27N3O. The summed E-state index contributed by atoms with van der Waals surface area (Å²) in [5.41, 5.74) is 0. The van der Waals surface area contributed by atoms with E-state index in [1.54, 1.807) is 0 Å². The number of likely N-dealkylation sites (tertiary alicyclic amines) is 1. The highest BCUT2D eigenvalue weighted by Gasteiger charge is 2.24. The molecule has 2 saturated heterocycles. The number of amides is 2. The Morgan fingerprint density at radius 1 is 1.39 bits per heavy atom. The maximum atomic E-state index is 12.1. The van der Waals surface area contributed by atoms with Crippen LogP contribution in [0.3, 0.4) is 0 Å². The Labute approximate surface area is 110 Å². The molecule has 18 heavy (non-hydrogen) atoms. The molecule has 2 rings (SSSR count). The molecule has 0 aliphatic carbocycles. The minimum atomic E-state index is 0.138. The van der Waals surface area contributed by atoms with Crippen molar-refractivity contribution in [2.75, 3.05) is 32.7 Å².